The van der Waals surface area contributed by atoms with Crippen molar-refractivity contribution in [2.75, 3.05) is 6.61 Å². The van der Waals surface area contributed by atoms with Crippen LogP contribution in [0, 0.1) is 16.2 Å². The number of benzene rings is 2. The second-order valence-electron chi connectivity index (χ2n) is 15.3. The molecule has 2 aromatic carbocycles. The minimum absolute atomic E-state index is 0.0122. The molecule has 226 valence electrons. The molecular weight excluding hydrogens is 512 g/mol. The van der Waals surface area contributed by atoms with Gasteiger partial charge in [-0.2, -0.15) is 0 Å². The van der Waals surface area contributed by atoms with Crippen LogP contribution in [0.25, 0.3) is 22.3 Å². The fourth-order valence-electron chi connectivity index (χ4n) is 5.82. The highest BCUT2D eigenvalue weighted by atomic mass is 16.6. The average Bonchev–Trinajstić information content (AvgIpc) is 3.23. The number of ether oxygens (including phenoxy) is 2. The molecular formula is C36H52O5. The zero-order valence-electron chi connectivity index (χ0n) is 27.2. The maximum absolute atomic E-state index is 13.7. The van der Waals surface area contributed by atoms with Crippen molar-refractivity contribution in [1.82, 2.24) is 0 Å². The van der Waals surface area contributed by atoms with E-state index in [1.807, 2.05) is 58.9 Å². The predicted octanol–water partition coefficient (Wildman–Crippen LogP) is 9.38. The number of aliphatic hydroxyl groups excluding tert-OH is 1. The second-order valence-corrected chi connectivity index (χ2v) is 15.3. The first-order chi connectivity index (χ1) is 18.7. The summed E-state index contributed by atoms with van der Waals surface area (Å²) >= 11 is 0. The molecule has 0 spiro atoms. The van der Waals surface area contributed by atoms with Gasteiger partial charge in [-0.05, 0) is 88.5 Å². The summed E-state index contributed by atoms with van der Waals surface area (Å²) in [6.07, 6.45) is 2.87. The van der Waals surface area contributed by atoms with Crippen LogP contribution in [0.4, 0.5) is 0 Å². The van der Waals surface area contributed by atoms with Crippen molar-refractivity contribution in [3.63, 3.8) is 0 Å². The number of fused-ring (bicyclic) bond motifs is 1. The van der Waals surface area contributed by atoms with E-state index < -0.39 is 16.6 Å². The molecule has 0 saturated heterocycles. The first-order valence-electron chi connectivity index (χ1n) is 14.9. The van der Waals surface area contributed by atoms with Gasteiger partial charge in [0.15, 0.2) is 0 Å². The number of furan rings is 1. The summed E-state index contributed by atoms with van der Waals surface area (Å²) in [5.74, 6) is 1.35. The Morgan fingerprint density at radius 1 is 0.805 bits per heavy atom. The van der Waals surface area contributed by atoms with E-state index in [0.29, 0.717) is 12.2 Å². The Kier molecular flexibility index (Phi) is 9.44. The lowest BCUT2D eigenvalue weighted by Gasteiger charge is -2.45. The van der Waals surface area contributed by atoms with Gasteiger partial charge in [-0.25, -0.2) is 0 Å². The van der Waals surface area contributed by atoms with Crippen LogP contribution in [-0.4, -0.2) is 28.9 Å². The third-order valence-corrected chi connectivity index (χ3v) is 7.96. The lowest BCUT2D eigenvalue weighted by molar-refractivity contribution is -0.181. The number of hydrogen-bond donors (Lipinski definition) is 1. The Labute approximate surface area is 247 Å². The van der Waals surface area contributed by atoms with Crippen LogP contribution >= 0.6 is 0 Å². The molecule has 0 aliphatic rings. The summed E-state index contributed by atoms with van der Waals surface area (Å²) in [5, 5.41) is 10.1. The van der Waals surface area contributed by atoms with Crippen LogP contribution in [-0.2, 0) is 16.0 Å². The number of esters is 1. The molecule has 0 fully saturated rings. The van der Waals surface area contributed by atoms with Gasteiger partial charge in [0.2, 0.25) is 0 Å². The first kappa shape index (κ1) is 32.7. The lowest BCUT2D eigenvalue weighted by Crippen LogP contribution is -2.48. The summed E-state index contributed by atoms with van der Waals surface area (Å²) < 4.78 is 18.9. The third kappa shape index (κ3) is 8.61. The molecule has 5 nitrogen and oxygen atoms in total. The van der Waals surface area contributed by atoms with Crippen LogP contribution in [0.15, 0.2) is 52.9 Å². The highest BCUT2D eigenvalue weighted by Gasteiger charge is 2.49. The van der Waals surface area contributed by atoms with Gasteiger partial charge in [-0.3, -0.25) is 4.79 Å². The average molecular weight is 565 g/mol. The van der Waals surface area contributed by atoms with Gasteiger partial charge < -0.3 is 19.0 Å². The van der Waals surface area contributed by atoms with E-state index in [4.69, 9.17) is 19.0 Å². The Morgan fingerprint density at radius 3 is 2.00 bits per heavy atom. The van der Waals surface area contributed by atoms with Crippen molar-refractivity contribution in [3.8, 4) is 17.1 Å². The van der Waals surface area contributed by atoms with Gasteiger partial charge >= 0.3 is 5.97 Å². The van der Waals surface area contributed by atoms with Crippen molar-refractivity contribution >= 4 is 16.9 Å². The number of aliphatic hydroxyl groups is 1. The maximum Gasteiger partial charge on any atom is 0.312 e. The first-order valence-corrected chi connectivity index (χ1v) is 14.9. The summed E-state index contributed by atoms with van der Waals surface area (Å²) in [6.45, 7) is 23.1. The largest absolute Gasteiger partial charge is 0.488 e. The van der Waals surface area contributed by atoms with Gasteiger partial charge in [0.25, 0.3) is 0 Å². The van der Waals surface area contributed by atoms with Crippen LogP contribution in [0.2, 0.25) is 0 Å². The van der Waals surface area contributed by atoms with Gasteiger partial charge in [0, 0.05) is 30.0 Å². The second kappa shape index (κ2) is 11.8. The number of carbonyl (C=O) groups is 1. The summed E-state index contributed by atoms with van der Waals surface area (Å²) in [4.78, 5) is 13.7. The number of rotatable bonds is 11. The molecule has 0 aliphatic carbocycles. The maximum atomic E-state index is 13.7. The fraction of sp³-hybridized carbons (Fsp3) is 0.583. The molecule has 1 aromatic heterocycles. The van der Waals surface area contributed by atoms with Crippen molar-refractivity contribution < 1.29 is 23.8 Å². The lowest BCUT2D eigenvalue weighted by atomic mass is 9.61. The van der Waals surface area contributed by atoms with Gasteiger partial charge in [-0.1, -0.05) is 65.8 Å². The van der Waals surface area contributed by atoms with E-state index in [2.05, 4.69) is 65.8 Å². The fourth-order valence-corrected chi connectivity index (χ4v) is 5.82. The highest BCUT2D eigenvalue weighted by molar-refractivity contribution is 5.84. The molecule has 1 atom stereocenters. The van der Waals surface area contributed by atoms with E-state index in [1.165, 1.54) is 5.56 Å². The molecule has 1 unspecified atom stereocenters. The molecule has 41 heavy (non-hydrogen) atoms. The molecule has 0 amide bonds. The number of carbonyl (C=O) groups excluding carboxylic acids is 1. The van der Waals surface area contributed by atoms with Crippen LogP contribution < -0.4 is 4.74 Å². The molecule has 3 rings (SSSR count). The third-order valence-electron chi connectivity index (χ3n) is 7.96. The van der Waals surface area contributed by atoms with E-state index in [1.54, 1.807) is 0 Å². The minimum Gasteiger partial charge on any atom is -0.488 e. The molecule has 5 heteroatoms. The number of aryl methyl sites for hydroxylation is 1. The Balaban J connectivity index is 1.73. The standard InChI is InChI=1S/C36H52O5/c1-32(2,3)23-36(11,33(4,5)6)31(38)41-35(9,10)24-34(7,8)40-28-19-18-27-21-29(39-30(27)22-28)26-16-14-25(15-17-26)13-12-20-37/h14-19,21-22,37H,12-13,20,23-24H2,1-11H3. The summed E-state index contributed by atoms with van der Waals surface area (Å²) in [7, 11) is 0. The van der Waals surface area contributed by atoms with Crippen LogP contribution in [0.1, 0.15) is 101 Å². The van der Waals surface area contributed by atoms with E-state index in [-0.39, 0.29) is 23.4 Å². The molecule has 3 aromatic rings. The van der Waals surface area contributed by atoms with E-state index >= 15 is 0 Å². The summed E-state index contributed by atoms with van der Waals surface area (Å²) in [5.41, 5.74) is 0.744. The normalized spacial score (nSPS) is 14.6. The van der Waals surface area contributed by atoms with E-state index in [0.717, 1.165) is 41.6 Å². The molecule has 0 aliphatic heterocycles. The Bertz CT molecular complexity index is 1310. The van der Waals surface area contributed by atoms with Crippen molar-refractivity contribution in [3.05, 3.63) is 54.1 Å². The zero-order chi connectivity index (χ0) is 30.9. The molecule has 0 saturated carbocycles. The predicted molar refractivity (Wildman–Crippen MR) is 168 cm³/mol. The smallest absolute Gasteiger partial charge is 0.312 e. The van der Waals surface area contributed by atoms with Crippen molar-refractivity contribution in [2.24, 2.45) is 16.2 Å². The van der Waals surface area contributed by atoms with Gasteiger partial charge in [-0.15, -0.1) is 0 Å². The molecule has 1 heterocycles. The van der Waals surface area contributed by atoms with Crippen LogP contribution in [0.5, 0.6) is 5.75 Å². The zero-order valence-corrected chi connectivity index (χ0v) is 27.2. The number of hydrogen-bond acceptors (Lipinski definition) is 5. The van der Waals surface area contributed by atoms with Gasteiger partial charge in [0.1, 0.15) is 28.3 Å². The Morgan fingerprint density at radius 2 is 1.44 bits per heavy atom. The summed E-state index contributed by atoms with van der Waals surface area (Å²) in [6, 6.07) is 16.2. The SMILES string of the molecule is CC(C)(C)CC(C)(C(=O)OC(C)(C)CC(C)(C)Oc1ccc2cc(-c3ccc(CCCO)cc3)oc2c1)C(C)(C)C. The molecule has 0 bridgehead atoms. The van der Waals surface area contributed by atoms with E-state index in [9.17, 15) is 4.79 Å². The van der Waals surface area contributed by atoms with Crippen molar-refractivity contribution in [2.45, 2.75) is 113 Å². The molecule has 0 radical (unpaired) electrons. The quantitative estimate of drug-likeness (QED) is 0.235. The topological polar surface area (TPSA) is 68.9 Å². The van der Waals surface area contributed by atoms with Crippen LogP contribution in [0.3, 0.4) is 0 Å². The molecule has 1 N–H and O–H groups in total. The minimum atomic E-state index is -0.726. The van der Waals surface area contributed by atoms with Gasteiger partial charge in [0.05, 0.1) is 5.41 Å². The Hall–Kier alpha value is -2.79. The van der Waals surface area contributed by atoms with Crippen molar-refractivity contribution in [1.29, 1.82) is 0 Å². The highest BCUT2D eigenvalue weighted by Crippen LogP contribution is 2.48. The monoisotopic (exact) mass is 564 g/mol.